The largest absolute Gasteiger partial charge is 0.338 e. The number of aryl methyl sites for hydroxylation is 1. The topological polar surface area (TPSA) is 21.1 Å². The average molecular weight is 242 g/mol. The number of aromatic nitrogens is 2. The maximum absolute atomic E-state index is 6.29. The van der Waals surface area contributed by atoms with Gasteiger partial charge in [-0.3, -0.25) is 0 Å². The molecule has 4 heteroatoms. The van der Waals surface area contributed by atoms with Gasteiger partial charge in [0, 0.05) is 44.3 Å². The lowest BCUT2D eigenvalue weighted by Crippen LogP contribution is -2.41. The summed E-state index contributed by atoms with van der Waals surface area (Å²) in [7, 11) is 2.05. The third-order valence-corrected chi connectivity index (χ3v) is 4.09. The van der Waals surface area contributed by atoms with E-state index in [1.165, 1.54) is 13.0 Å². The summed E-state index contributed by atoms with van der Waals surface area (Å²) in [6, 6.07) is 0. The molecular weight excluding hydrogens is 222 g/mol. The molecule has 1 saturated heterocycles. The Morgan fingerprint density at radius 2 is 2.38 bits per heavy atom. The van der Waals surface area contributed by atoms with Gasteiger partial charge in [0.05, 0.1) is 0 Å². The van der Waals surface area contributed by atoms with Crippen molar-refractivity contribution < 1.29 is 0 Å². The molecule has 0 bridgehead atoms. The summed E-state index contributed by atoms with van der Waals surface area (Å²) in [6.07, 6.45) is 6.09. The summed E-state index contributed by atoms with van der Waals surface area (Å²) >= 11 is 6.29. The number of hydrogen-bond donors (Lipinski definition) is 0. The summed E-state index contributed by atoms with van der Waals surface area (Å²) < 4.78 is 2.09. The monoisotopic (exact) mass is 241 g/mol. The summed E-state index contributed by atoms with van der Waals surface area (Å²) in [5.74, 6) is 1.82. The molecule has 1 aliphatic rings. The van der Waals surface area contributed by atoms with Gasteiger partial charge < -0.3 is 9.47 Å². The molecular formula is C12H20ClN3. The van der Waals surface area contributed by atoms with Gasteiger partial charge in [-0.05, 0) is 18.9 Å². The van der Waals surface area contributed by atoms with E-state index in [1.54, 1.807) is 0 Å². The van der Waals surface area contributed by atoms with Gasteiger partial charge in [-0.2, -0.15) is 0 Å². The third-order valence-electron chi connectivity index (χ3n) is 3.52. The van der Waals surface area contributed by atoms with Gasteiger partial charge in [0.2, 0.25) is 0 Å². The van der Waals surface area contributed by atoms with Crippen LogP contribution in [0.25, 0.3) is 0 Å². The van der Waals surface area contributed by atoms with Crippen molar-refractivity contribution in [1.82, 2.24) is 14.5 Å². The van der Waals surface area contributed by atoms with Crippen LogP contribution in [0.4, 0.5) is 0 Å². The van der Waals surface area contributed by atoms with E-state index in [0.717, 1.165) is 25.3 Å². The smallest absolute Gasteiger partial charge is 0.109 e. The number of likely N-dealkylation sites (tertiary alicyclic amines) is 1. The standard InChI is InChI=1S/C12H20ClN3/c1-10-3-6-16(9-11(10)13)7-4-12-14-5-8-15(12)2/h5,8,10-11H,3-4,6-7,9H2,1-2H3. The Bertz CT molecular complexity index is 337. The number of alkyl halides is 1. The third kappa shape index (κ3) is 2.77. The van der Waals surface area contributed by atoms with Crippen molar-refractivity contribution in [2.45, 2.75) is 25.1 Å². The van der Waals surface area contributed by atoms with Crippen LogP contribution in [0.15, 0.2) is 12.4 Å². The number of rotatable bonds is 3. The van der Waals surface area contributed by atoms with Crippen molar-refractivity contribution in [3.8, 4) is 0 Å². The van der Waals surface area contributed by atoms with Crippen molar-refractivity contribution in [1.29, 1.82) is 0 Å². The Labute approximate surface area is 102 Å². The Hall–Kier alpha value is -0.540. The van der Waals surface area contributed by atoms with Crippen molar-refractivity contribution in [2.24, 2.45) is 13.0 Å². The molecule has 0 aliphatic carbocycles. The fraction of sp³-hybridized carbons (Fsp3) is 0.750. The molecule has 2 unspecified atom stereocenters. The molecule has 1 fully saturated rings. The van der Waals surface area contributed by atoms with E-state index < -0.39 is 0 Å². The first kappa shape index (κ1) is 11.9. The predicted molar refractivity (Wildman–Crippen MR) is 66.8 cm³/mol. The van der Waals surface area contributed by atoms with Crippen LogP contribution in [0.5, 0.6) is 0 Å². The molecule has 90 valence electrons. The predicted octanol–water partition coefficient (Wildman–Crippen LogP) is 1.91. The SMILES string of the molecule is CC1CCN(CCc2nccn2C)CC1Cl. The van der Waals surface area contributed by atoms with Crippen LogP contribution in [-0.4, -0.2) is 39.5 Å². The number of imidazole rings is 1. The van der Waals surface area contributed by atoms with E-state index in [4.69, 9.17) is 11.6 Å². The highest BCUT2D eigenvalue weighted by Crippen LogP contribution is 2.21. The van der Waals surface area contributed by atoms with Crippen molar-refractivity contribution in [3.63, 3.8) is 0 Å². The molecule has 1 aromatic rings. The maximum Gasteiger partial charge on any atom is 0.109 e. The van der Waals surface area contributed by atoms with E-state index in [9.17, 15) is 0 Å². The van der Waals surface area contributed by atoms with Crippen LogP contribution < -0.4 is 0 Å². The molecule has 16 heavy (non-hydrogen) atoms. The molecule has 2 heterocycles. The highest BCUT2D eigenvalue weighted by atomic mass is 35.5. The van der Waals surface area contributed by atoms with E-state index in [0.29, 0.717) is 11.3 Å². The minimum absolute atomic E-state index is 0.315. The molecule has 2 rings (SSSR count). The first-order chi connectivity index (χ1) is 7.66. The Morgan fingerprint density at radius 1 is 1.56 bits per heavy atom. The van der Waals surface area contributed by atoms with Crippen LogP contribution in [0.3, 0.4) is 0 Å². The van der Waals surface area contributed by atoms with E-state index >= 15 is 0 Å². The zero-order chi connectivity index (χ0) is 11.5. The highest BCUT2D eigenvalue weighted by molar-refractivity contribution is 6.21. The molecule has 0 aromatic carbocycles. The first-order valence-electron chi connectivity index (χ1n) is 5.99. The molecule has 0 N–H and O–H groups in total. The lowest BCUT2D eigenvalue weighted by molar-refractivity contribution is 0.197. The lowest BCUT2D eigenvalue weighted by atomic mass is 9.98. The van der Waals surface area contributed by atoms with Crippen molar-refractivity contribution in [2.75, 3.05) is 19.6 Å². The second-order valence-corrected chi connectivity index (χ2v) is 5.35. The number of hydrogen-bond acceptors (Lipinski definition) is 2. The zero-order valence-electron chi connectivity index (χ0n) is 10.1. The van der Waals surface area contributed by atoms with Gasteiger partial charge in [0.15, 0.2) is 0 Å². The van der Waals surface area contributed by atoms with Crippen LogP contribution in [-0.2, 0) is 13.5 Å². The molecule has 0 saturated carbocycles. The Balaban J connectivity index is 1.81. The number of halogens is 1. The van der Waals surface area contributed by atoms with Gasteiger partial charge in [-0.1, -0.05) is 6.92 Å². The Morgan fingerprint density at radius 3 is 3.00 bits per heavy atom. The first-order valence-corrected chi connectivity index (χ1v) is 6.43. The summed E-state index contributed by atoms with van der Waals surface area (Å²) in [4.78, 5) is 6.79. The number of piperidine rings is 1. The molecule has 1 aliphatic heterocycles. The lowest BCUT2D eigenvalue weighted by Gasteiger charge is -2.33. The fourth-order valence-electron chi connectivity index (χ4n) is 2.18. The van der Waals surface area contributed by atoms with E-state index in [2.05, 4.69) is 21.4 Å². The van der Waals surface area contributed by atoms with Crippen LogP contribution >= 0.6 is 11.6 Å². The van der Waals surface area contributed by atoms with Gasteiger partial charge in [0.1, 0.15) is 5.82 Å². The van der Waals surface area contributed by atoms with Gasteiger partial charge >= 0.3 is 0 Å². The molecule has 0 spiro atoms. The summed E-state index contributed by atoms with van der Waals surface area (Å²) in [5.41, 5.74) is 0. The fourth-order valence-corrected chi connectivity index (χ4v) is 2.50. The van der Waals surface area contributed by atoms with Crippen LogP contribution in [0.1, 0.15) is 19.2 Å². The molecule has 3 nitrogen and oxygen atoms in total. The van der Waals surface area contributed by atoms with Crippen LogP contribution in [0.2, 0.25) is 0 Å². The van der Waals surface area contributed by atoms with Crippen molar-refractivity contribution >= 4 is 11.6 Å². The zero-order valence-corrected chi connectivity index (χ0v) is 10.8. The van der Waals surface area contributed by atoms with E-state index in [1.807, 2.05) is 19.4 Å². The normalized spacial score (nSPS) is 27.2. The minimum Gasteiger partial charge on any atom is -0.338 e. The van der Waals surface area contributed by atoms with Crippen LogP contribution in [0, 0.1) is 5.92 Å². The van der Waals surface area contributed by atoms with Gasteiger partial charge in [-0.25, -0.2) is 4.98 Å². The maximum atomic E-state index is 6.29. The van der Waals surface area contributed by atoms with Gasteiger partial charge in [0.25, 0.3) is 0 Å². The second-order valence-electron chi connectivity index (χ2n) is 4.79. The quantitative estimate of drug-likeness (QED) is 0.754. The van der Waals surface area contributed by atoms with Crippen molar-refractivity contribution in [3.05, 3.63) is 18.2 Å². The molecule has 2 atom stereocenters. The number of nitrogens with zero attached hydrogens (tertiary/aromatic N) is 3. The minimum atomic E-state index is 0.315. The highest BCUT2D eigenvalue weighted by Gasteiger charge is 2.23. The molecule has 0 radical (unpaired) electrons. The summed E-state index contributed by atoms with van der Waals surface area (Å²) in [5, 5.41) is 0.315. The van der Waals surface area contributed by atoms with E-state index in [-0.39, 0.29) is 0 Å². The molecule has 1 aromatic heterocycles. The molecule has 0 amide bonds. The summed E-state index contributed by atoms with van der Waals surface area (Å²) in [6.45, 7) is 5.51. The van der Waals surface area contributed by atoms with Gasteiger partial charge in [-0.15, -0.1) is 11.6 Å². The second kappa shape index (κ2) is 5.19. The Kier molecular flexibility index (Phi) is 3.87. The average Bonchev–Trinajstić information content (AvgIpc) is 2.66.